The van der Waals surface area contributed by atoms with Gasteiger partial charge in [0.25, 0.3) is 0 Å². The van der Waals surface area contributed by atoms with Crippen LogP contribution in [0.4, 0.5) is 0 Å². The van der Waals surface area contributed by atoms with E-state index in [0.717, 1.165) is 17.8 Å². The van der Waals surface area contributed by atoms with Crippen molar-refractivity contribution in [2.45, 2.75) is 40.2 Å². The second-order valence-corrected chi connectivity index (χ2v) is 6.92. The number of carboxylic acids is 1. The standard InChI is InChI=1S/C17H25N3O4/c1-4-14-11(2)18-20(12(14)3)8-15(21)19-7-13-9-24-6-5-17(13,10-19)16(22)23/h13H,4-10H2,1-3H3,(H,22,23)/t13-,17+/m1/s1. The summed E-state index contributed by atoms with van der Waals surface area (Å²) in [5, 5.41) is 14.2. The van der Waals surface area contributed by atoms with E-state index in [1.165, 1.54) is 5.56 Å². The van der Waals surface area contributed by atoms with Crippen molar-refractivity contribution in [3.8, 4) is 0 Å². The van der Waals surface area contributed by atoms with E-state index in [4.69, 9.17) is 4.74 Å². The van der Waals surface area contributed by atoms with E-state index >= 15 is 0 Å². The van der Waals surface area contributed by atoms with Crippen molar-refractivity contribution < 1.29 is 19.4 Å². The van der Waals surface area contributed by atoms with Crippen molar-refractivity contribution in [1.82, 2.24) is 14.7 Å². The van der Waals surface area contributed by atoms with Crippen molar-refractivity contribution in [3.05, 3.63) is 17.0 Å². The summed E-state index contributed by atoms with van der Waals surface area (Å²) < 4.78 is 7.18. The molecule has 2 aliphatic heterocycles. The molecule has 0 saturated carbocycles. The number of likely N-dealkylation sites (tertiary alicyclic amines) is 1. The number of carbonyl (C=O) groups is 2. The highest BCUT2D eigenvalue weighted by Crippen LogP contribution is 2.42. The number of nitrogens with zero attached hydrogens (tertiary/aromatic N) is 3. The second kappa shape index (κ2) is 6.20. The van der Waals surface area contributed by atoms with Gasteiger partial charge in [0.1, 0.15) is 6.54 Å². The number of aromatic nitrogens is 2. The Morgan fingerprint density at radius 3 is 2.75 bits per heavy atom. The van der Waals surface area contributed by atoms with E-state index in [1.54, 1.807) is 9.58 Å². The number of hydrogen-bond donors (Lipinski definition) is 1. The Balaban J connectivity index is 1.76. The van der Waals surface area contributed by atoms with Gasteiger partial charge in [-0.15, -0.1) is 0 Å². The normalized spacial score (nSPS) is 26.5. The number of ether oxygens (including phenoxy) is 1. The second-order valence-electron chi connectivity index (χ2n) is 6.92. The van der Waals surface area contributed by atoms with Crippen LogP contribution < -0.4 is 0 Å². The molecule has 1 amide bonds. The maximum Gasteiger partial charge on any atom is 0.311 e. The van der Waals surface area contributed by atoms with Gasteiger partial charge in [0.05, 0.1) is 17.7 Å². The molecular weight excluding hydrogens is 310 g/mol. The number of hydrogen-bond acceptors (Lipinski definition) is 4. The summed E-state index contributed by atoms with van der Waals surface area (Å²) in [6.07, 6.45) is 1.35. The molecule has 132 valence electrons. The predicted molar refractivity (Wildman–Crippen MR) is 86.7 cm³/mol. The molecule has 2 atom stereocenters. The number of fused-ring (bicyclic) bond motifs is 1. The summed E-state index contributed by atoms with van der Waals surface area (Å²) in [6.45, 7) is 7.75. The molecule has 7 nitrogen and oxygen atoms in total. The third-order valence-electron chi connectivity index (χ3n) is 5.66. The SMILES string of the molecule is CCc1c(C)nn(CC(=O)N2C[C@@H]3COCC[C@]3(C(=O)O)C2)c1C. The molecule has 0 aromatic carbocycles. The third-order valence-corrected chi connectivity index (χ3v) is 5.66. The Hall–Kier alpha value is -1.89. The van der Waals surface area contributed by atoms with Crippen LogP contribution in [0.25, 0.3) is 0 Å². The van der Waals surface area contributed by atoms with Crippen LogP contribution in [-0.4, -0.2) is 58.0 Å². The zero-order chi connectivity index (χ0) is 17.5. The van der Waals surface area contributed by atoms with Gasteiger partial charge < -0.3 is 14.7 Å². The number of amides is 1. The number of rotatable bonds is 4. The zero-order valence-electron chi connectivity index (χ0n) is 14.5. The van der Waals surface area contributed by atoms with Crippen molar-refractivity contribution in [1.29, 1.82) is 0 Å². The molecule has 1 aromatic heterocycles. The van der Waals surface area contributed by atoms with Gasteiger partial charge in [-0.25, -0.2) is 0 Å². The monoisotopic (exact) mass is 335 g/mol. The van der Waals surface area contributed by atoms with Gasteiger partial charge in [-0.05, 0) is 32.3 Å². The van der Waals surface area contributed by atoms with Crippen LogP contribution in [0.3, 0.4) is 0 Å². The molecule has 0 unspecified atom stereocenters. The third kappa shape index (κ3) is 2.60. The molecule has 3 heterocycles. The quantitative estimate of drug-likeness (QED) is 0.888. The van der Waals surface area contributed by atoms with Gasteiger partial charge in [-0.3, -0.25) is 14.3 Å². The molecule has 0 aliphatic carbocycles. The van der Waals surface area contributed by atoms with Crippen LogP contribution in [0.1, 0.15) is 30.3 Å². The van der Waals surface area contributed by atoms with E-state index in [9.17, 15) is 14.7 Å². The summed E-state index contributed by atoms with van der Waals surface area (Å²) in [5.74, 6) is -1.01. The smallest absolute Gasteiger partial charge is 0.311 e. The van der Waals surface area contributed by atoms with Crippen molar-refractivity contribution in [2.24, 2.45) is 11.3 Å². The van der Waals surface area contributed by atoms with Crippen molar-refractivity contribution in [3.63, 3.8) is 0 Å². The van der Waals surface area contributed by atoms with E-state index in [0.29, 0.717) is 26.2 Å². The molecule has 3 rings (SSSR count). The average Bonchev–Trinajstić information content (AvgIpc) is 3.06. The Morgan fingerprint density at radius 1 is 1.42 bits per heavy atom. The molecule has 7 heteroatoms. The van der Waals surface area contributed by atoms with Gasteiger partial charge >= 0.3 is 5.97 Å². The van der Waals surface area contributed by atoms with E-state index in [2.05, 4.69) is 12.0 Å². The first kappa shape index (κ1) is 17.0. The minimum atomic E-state index is -0.850. The summed E-state index contributed by atoms with van der Waals surface area (Å²) in [5.41, 5.74) is 2.29. The minimum Gasteiger partial charge on any atom is -0.481 e. The molecule has 0 bridgehead atoms. The number of carbonyl (C=O) groups excluding carboxylic acids is 1. The van der Waals surface area contributed by atoms with Crippen molar-refractivity contribution in [2.75, 3.05) is 26.3 Å². The lowest BCUT2D eigenvalue weighted by Crippen LogP contribution is -2.45. The molecule has 2 aliphatic rings. The first-order valence-electron chi connectivity index (χ1n) is 8.51. The van der Waals surface area contributed by atoms with Gasteiger partial charge in [0.2, 0.25) is 5.91 Å². The maximum absolute atomic E-state index is 12.7. The number of carboxylic acid groups (broad SMARTS) is 1. The highest BCUT2D eigenvalue weighted by Gasteiger charge is 2.54. The molecule has 2 fully saturated rings. The zero-order valence-corrected chi connectivity index (χ0v) is 14.5. The minimum absolute atomic E-state index is 0.0710. The van der Waals surface area contributed by atoms with Crippen LogP contribution in [0.5, 0.6) is 0 Å². The van der Waals surface area contributed by atoms with Crippen LogP contribution in [0, 0.1) is 25.2 Å². The molecule has 2 saturated heterocycles. The van der Waals surface area contributed by atoms with Gasteiger partial charge in [-0.1, -0.05) is 6.92 Å². The van der Waals surface area contributed by atoms with Crippen LogP contribution in [0.2, 0.25) is 0 Å². The predicted octanol–water partition coefficient (Wildman–Crippen LogP) is 1.01. The molecule has 1 aromatic rings. The summed E-state index contributed by atoms with van der Waals surface area (Å²) >= 11 is 0. The van der Waals surface area contributed by atoms with Gasteiger partial charge in [-0.2, -0.15) is 5.10 Å². The number of aliphatic carboxylic acids is 1. The van der Waals surface area contributed by atoms with E-state index in [-0.39, 0.29) is 24.9 Å². The molecular formula is C17H25N3O4. The average molecular weight is 335 g/mol. The van der Waals surface area contributed by atoms with Crippen molar-refractivity contribution >= 4 is 11.9 Å². The Labute approximate surface area is 141 Å². The molecule has 0 spiro atoms. The highest BCUT2D eigenvalue weighted by atomic mass is 16.5. The molecule has 1 N–H and O–H groups in total. The topological polar surface area (TPSA) is 84.7 Å². The lowest BCUT2D eigenvalue weighted by atomic mass is 9.74. The fourth-order valence-corrected chi connectivity index (χ4v) is 4.12. The summed E-state index contributed by atoms with van der Waals surface area (Å²) in [4.78, 5) is 26.2. The molecule has 24 heavy (non-hydrogen) atoms. The molecule has 0 radical (unpaired) electrons. The lowest BCUT2D eigenvalue weighted by Gasteiger charge is -2.33. The Kier molecular flexibility index (Phi) is 4.38. The summed E-state index contributed by atoms with van der Waals surface area (Å²) in [6, 6.07) is 0. The lowest BCUT2D eigenvalue weighted by molar-refractivity contribution is -0.157. The van der Waals surface area contributed by atoms with E-state index < -0.39 is 11.4 Å². The fourth-order valence-electron chi connectivity index (χ4n) is 4.12. The highest BCUT2D eigenvalue weighted by molar-refractivity contribution is 5.81. The van der Waals surface area contributed by atoms with Crippen LogP contribution in [0.15, 0.2) is 0 Å². The summed E-state index contributed by atoms with van der Waals surface area (Å²) in [7, 11) is 0. The van der Waals surface area contributed by atoms with Crippen LogP contribution in [-0.2, 0) is 27.3 Å². The first-order chi connectivity index (χ1) is 11.4. The Morgan fingerprint density at radius 2 is 2.17 bits per heavy atom. The van der Waals surface area contributed by atoms with E-state index in [1.807, 2.05) is 13.8 Å². The number of aryl methyl sites for hydroxylation is 1. The van der Waals surface area contributed by atoms with Gasteiger partial charge in [0.15, 0.2) is 0 Å². The fraction of sp³-hybridized carbons (Fsp3) is 0.706. The Bertz CT molecular complexity index is 669. The largest absolute Gasteiger partial charge is 0.481 e. The maximum atomic E-state index is 12.7. The van der Waals surface area contributed by atoms with Gasteiger partial charge in [0, 0.05) is 31.3 Å². The first-order valence-corrected chi connectivity index (χ1v) is 8.51. The van der Waals surface area contributed by atoms with Crippen LogP contribution >= 0.6 is 0 Å².